The first kappa shape index (κ1) is 34.6. The number of carbonyl (C=O) groups is 1. The predicted octanol–water partition coefficient (Wildman–Crippen LogP) is 5.71. The molecule has 246 valence electrons. The number of anilines is 1. The maximum absolute atomic E-state index is 13.3. The third-order valence-electron chi connectivity index (χ3n) is 7.14. The molecule has 0 aliphatic rings. The number of hydrogen-bond donors (Lipinski definition) is 4. The van der Waals surface area contributed by atoms with Crippen molar-refractivity contribution in [3.05, 3.63) is 113 Å². The minimum absolute atomic E-state index is 0.154. The number of nitrogens with two attached hydrogens (primary N) is 1. The highest BCUT2D eigenvalue weighted by molar-refractivity contribution is 7.92. The Morgan fingerprint density at radius 3 is 2.36 bits per heavy atom. The van der Waals surface area contributed by atoms with E-state index in [9.17, 15) is 18.3 Å². The average molecular weight is 657 g/mol. The number of aliphatic imine (C=N–C) groups is 1. The Morgan fingerprint density at radius 2 is 1.70 bits per heavy atom. The fourth-order valence-electron chi connectivity index (χ4n) is 4.99. The maximum atomic E-state index is 13.3. The molecule has 3 aromatic carbocycles. The molecule has 0 aliphatic heterocycles. The van der Waals surface area contributed by atoms with Crippen molar-refractivity contribution in [3.63, 3.8) is 0 Å². The fraction of sp³-hybridized carbons (Fsp3) is 0.257. The molecule has 0 unspecified atom stereocenters. The van der Waals surface area contributed by atoms with Crippen LogP contribution < -0.4 is 20.5 Å². The van der Waals surface area contributed by atoms with Crippen molar-refractivity contribution in [1.82, 2.24) is 15.3 Å². The van der Waals surface area contributed by atoms with E-state index in [1.165, 1.54) is 24.4 Å². The molecule has 5 N–H and O–H groups in total. The van der Waals surface area contributed by atoms with Crippen molar-refractivity contribution >= 4 is 28.2 Å². The average Bonchev–Trinajstić information content (AvgIpc) is 3.03. The summed E-state index contributed by atoms with van der Waals surface area (Å²) in [6, 6.07) is 22.2. The molecule has 0 amide bonds. The second-order valence-electron chi connectivity index (χ2n) is 11.5. The highest BCUT2D eigenvalue weighted by Gasteiger charge is 2.21. The summed E-state index contributed by atoms with van der Waals surface area (Å²) in [5.41, 5.74) is 10.6. The topological polar surface area (TPSA) is 169 Å². The standard InChI is InChI=1S/C35H40N6O5S/c1-23(2)16-28(38-29(19-36)21-37-20-26-12-6-5-7-13-26)22-46-32-18-31(33-24(3)10-8-11-25(33)4)39-35(40-32)41-47(44,45)30-15-9-14-27(17-30)34(42)43/h5-15,17-19,21,23,28,38H,16,20,22,36H2,1-4H3,(H,42,43)(H,39,40,41)/t28-/m1/s1. The number of hydrogen-bond acceptors (Lipinski definition) is 9. The molecule has 0 bridgehead atoms. The zero-order chi connectivity index (χ0) is 34.0. The van der Waals surface area contributed by atoms with E-state index in [0.717, 1.165) is 34.7 Å². The summed E-state index contributed by atoms with van der Waals surface area (Å²) >= 11 is 0. The molecule has 1 aromatic heterocycles. The quantitative estimate of drug-likeness (QED) is 0.117. The third-order valence-corrected chi connectivity index (χ3v) is 8.47. The lowest BCUT2D eigenvalue weighted by atomic mass is 10.00. The van der Waals surface area contributed by atoms with Crippen molar-refractivity contribution < 1.29 is 23.1 Å². The number of aryl methyl sites for hydroxylation is 2. The number of benzene rings is 3. The number of carboxylic acid groups (broad SMARTS) is 1. The SMILES string of the molecule is Cc1cccc(C)c1-c1cc(OC[C@@H](CC(C)C)NC(C=NCc2ccccc2)=CN)nc(NS(=O)(=O)c2cccc(C(=O)O)c2)n1. The Hall–Kier alpha value is -5.23. The van der Waals surface area contributed by atoms with Crippen molar-refractivity contribution in [1.29, 1.82) is 0 Å². The molecule has 4 aromatic rings. The van der Waals surface area contributed by atoms with Gasteiger partial charge in [0, 0.05) is 24.0 Å². The number of carboxylic acids is 1. The molecule has 1 heterocycles. The minimum Gasteiger partial charge on any atom is -0.478 e. The molecule has 0 saturated heterocycles. The van der Waals surface area contributed by atoms with Crippen LogP contribution >= 0.6 is 0 Å². The van der Waals surface area contributed by atoms with E-state index in [2.05, 4.69) is 38.8 Å². The predicted molar refractivity (Wildman–Crippen MR) is 184 cm³/mol. The van der Waals surface area contributed by atoms with Crippen molar-refractivity contribution in [2.24, 2.45) is 16.6 Å². The number of rotatable bonds is 15. The summed E-state index contributed by atoms with van der Waals surface area (Å²) in [6.07, 6.45) is 3.88. The molecule has 11 nitrogen and oxygen atoms in total. The van der Waals surface area contributed by atoms with Gasteiger partial charge in [0.1, 0.15) is 6.61 Å². The lowest BCUT2D eigenvalue weighted by molar-refractivity contribution is 0.0696. The van der Waals surface area contributed by atoms with Gasteiger partial charge in [-0.3, -0.25) is 4.99 Å². The molecule has 4 rings (SSSR count). The summed E-state index contributed by atoms with van der Waals surface area (Å²) in [5.74, 6) is -0.993. The van der Waals surface area contributed by atoms with Gasteiger partial charge in [0.25, 0.3) is 10.0 Å². The van der Waals surface area contributed by atoms with Crippen LogP contribution in [0.4, 0.5) is 5.95 Å². The van der Waals surface area contributed by atoms with Crippen molar-refractivity contribution in [2.45, 2.75) is 51.6 Å². The van der Waals surface area contributed by atoms with E-state index in [4.69, 9.17) is 10.5 Å². The minimum atomic E-state index is -4.24. The van der Waals surface area contributed by atoms with E-state index in [0.29, 0.717) is 23.9 Å². The summed E-state index contributed by atoms with van der Waals surface area (Å²) in [5, 5.41) is 12.8. The number of allylic oxidation sites excluding steroid dienone is 1. The van der Waals surface area contributed by atoms with Crippen LogP contribution in [-0.2, 0) is 16.6 Å². The third kappa shape index (κ3) is 9.88. The zero-order valence-electron chi connectivity index (χ0n) is 26.8. The first-order valence-corrected chi connectivity index (χ1v) is 16.6. The van der Waals surface area contributed by atoms with Gasteiger partial charge in [0.15, 0.2) is 0 Å². The normalized spacial score (nSPS) is 12.7. The second-order valence-corrected chi connectivity index (χ2v) is 13.2. The highest BCUT2D eigenvalue weighted by atomic mass is 32.2. The Labute approximate surface area is 275 Å². The van der Waals surface area contributed by atoms with Gasteiger partial charge in [-0.05, 0) is 61.1 Å². The largest absolute Gasteiger partial charge is 0.478 e. The number of nitrogens with zero attached hydrogens (tertiary/aromatic N) is 3. The van der Waals surface area contributed by atoms with Gasteiger partial charge < -0.3 is 20.9 Å². The van der Waals surface area contributed by atoms with Gasteiger partial charge in [-0.25, -0.2) is 22.9 Å². The molecule has 0 aliphatic carbocycles. The van der Waals surface area contributed by atoms with Crippen LogP contribution in [0.3, 0.4) is 0 Å². The molecular formula is C35H40N6O5S. The van der Waals surface area contributed by atoms with Gasteiger partial charge in [-0.1, -0.05) is 68.4 Å². The molecule has 47 heavy (non-hydrogen) atoms. The van der Waals surface area contributed by atoms with E-state index in [1.54, 1.807) is 12.3 Å². The zero-order valence-corrected chi connectivity index (χ0v) is 27.7. The van der Waals surface area contributed by atoms with E-state index in [1.807, 2.05) is 62.4 Å². The first-order valence-electron chi connectivity index (χ1n) is 15.1. The summed E-state index contributed by atoms with van der Waals surface area (Å²) < 4.78 is 35.3. The number of ether oxygens (including phenoxy) is 1. The van der Waals surface area contributed by atoms with Gasteiger partial charge in [0.2, 0.25) is 11.8 Å². The molecule has 0 spiro atoms. The van der Waals surface area contributed by atoms with E-state index < -0.39 is 16.0 Å². The van der Waals surface area contributed by atoms with Crippen LogP contribution in [0.1, 0.15) is 47.3 Å². The van der Waals surface area contributed by atoms with Crippen LogP contribution in [0.2, 0.25) is 0 Å². The summed E-state index contributed by atoms with van der Waals surface area (Å²) in [4.78, 5) is 24.7. The smallest absolute Gasteiger partial charge is 0.335 e. The van der Waals surface area contributed by atoms with Gasteiger partial charge >= 0.3 is 5.97 Å². The molecule has 0 saturated carbocycles. The van der Waals surface area contributed by atoms with Crippen LogP contribution in [0, 0.1) is 19.8 Å². The summed E-state index contributed by atoms with van der Waals surface area (Å²) in [7, 11) is -4.24. The molecule has 0 radical (unpaired) electrons. The first-order chi connectivity index (χ1) is 22.4. The van der Waals surface area contributed by atoms with Gasteiger partial charge in [-0.15, -0.1) is 0 Å². The van der Waals surface area contributed by atoms with Crippen LogP contribution in [0.15, 0.2) is 101 Å². The Morgan fingerprint density at radius 1 is 1.00 bits per heavy atom. The van der Waals surface area contributed by atoms with Crippen LogP contribution in [0.25, 0.3) is 11.3 Å². The summed E-state index contributed by atoms with van der Waals surface area (Å²) in [6.45, 7) is 8.76. The molecule has 1 atom stereocenters. The lowest BCUT2D eigenvalue weighted by Crippen LogP contribution is -2.36. The number of aromatic carboxylic acids is 1. The number of nitrogens with one attached hydrogen (secondary N) is 2. The van der Waals surface area contributed by atoms with Gasteiger partial charge in [-0.2, -0.15) is 4.98 Å². The number of sulfonamides is 1. The van der Waals surface area contributed by atoms with Gasteiger partial charge in [0.05, 0.1) is 34.4 Å². The monoisotopic (exact) mass is 656 g/mol. The van der Waals surface area contributed by atoms with Crippen molar-refractivity contribution in [3.8, 4) is 17.1 Å². The molecule has 12 heteroatoms. The van der Waals surface area contributed by atoms with E-state index in [-0.39, 0.29) is 34.9 Å². The maximum Gasteiger partial charge on any atom is 0.335 e. The van der Waals surface area contributed by atoms with Crippen molar-refractivity contribution in [2.75, 3.05) is 11.3 Å². The van der Waals surface area contributed by atoms with Crippen LogP contribution in [-0.4, -0.2) is 48.3 Å². The Bertz CT molecular complexity index is 1840. The molecule has 0 fully saturated rings. The Kier molecular flexibility index (Phi) is 11.7. The number of aromatic nitrogens is 2. The Balaban J connectivity index is 1.61. The second kappa shape index (κ2) is 15.9. The van der Waals surface area contributed by atoms with E-state index >= 15 is 0 Å². The molecular weight excluding hydrogens is 616 g/mol. The lowest BCUT2D eigenvalue weighted by Gasteiger charge is -2.22. The highest BCUT2D eigenvalue weighted by Crippen LogP contribution is 2.29. The van der Waals surface area contributed by atoms with Crippen LogP contribution in [0.5, 0.6) is 5.88 Å². The fourth-order valence-corrected chi connectivity index (χ4v) is 5.98.